The van der Waals surface area contributed by atoms with Gasteiger partial charge in [-0.1, -0.05) is 18.2 Å². The van der Waals surface area contributed by atoms with E-state index in [9.17, 15) is 22.8 Å². The van der Waals surface area contributed by atoms with Crippen LogP contribution in [0.15, 0.2) is 66.9 Å². The summed E-state index contributed by atoms with van der Waals surface area (Å²) >= 11 is -0.633. The number of hydrogen-bond acceptors (Lipinski definition) is 6. The largest absolute Gasteiger partial charge is 0.479 e. The first-order chi connectivity index (χ1) is 16.2. The molecule has 34 heavy (non-hydrogen) atoms. The molecule has 0 aliphatic carbocycles. The smallest absolute Gasteiger partial charge is 0.457 e. The molecule has 0 radical (unpaired) electrons. The third kappa shape index (κ3) is 7.89. The van der Waals surface area contributed by atoms with Crippen LogP contribution in [-0.4, -0.2) is 29.5 Å². The molecule has 0 saturated carbocycles. The van der Waals surface area contributed by atoms with Gasteiger partial charge in [-0.2, -0.15) is 13.2 Å². The molecule has 1 aromatic heterocycles. The molecule has 0 aliphatic heterocycles. The minimum atomic E-state index is -4.53. The van der Waals surface area contributed by atoms with Crippen LogP contribution < -0.4 is 24.9 Å². The van der Waals surface area contributed by atoms with Gasteiger partial charge in [-0.25, -0.2) is 4.79 Å². The number of benzene rings is 2. The number of hydrogen-bond donors (Lipinski definition) is 3. The molecular weight excluding hydrogens is 473 g/mol. The fourth-order valence-corrected chi connectivity index (χ4v) is 2.91. The van der Waals surface area contributed by atoms with Gasteiger partial charge in [-0.3, -0.25) is 9.78 Å². The Bertz CT molecular complexity index is 1140. The maximum Gasteiger partial charge on any atom is 0.479 e. The van der Waals surface area contributed by atoms with E-state index in [0.29, 0.717) is 11.5 Å². The van der Waals surface area contributed by atoms with E-state index in [0.717, 1.165) is 5.56 Å². The number of urea groups is 1. The van der Waals surface area contributed by atoms with Crippen molar-refractivity contribution in [3.63, 3.8) is 0 Å². The highest BCUT2D eigenvalue weighted by Gasteiger charge is 2.31. The van der Waals surface area contributed by atoms with E-state index in [1.54, 1.807) is 30.3 Å². The molecule has 0 unspecified atom stereocenters. The van der Waals surface area contributed by atoms with Crippen LogP contribution in [0.1, 0.15) is 16.1 Å². The predicted molar refractivity (Wildman–Crippen MR) is 121 cm³/mol. The summed E-state index contributed by atoms with van der Waals surface area (Å²) in [5.74, 6) is 0.589. The number of carbonyl (C=O) groups is 2. The Labute approximate surface area is 197 Å². The van der Waals surface area contributed by atoms with Gasteiger partial charge >= 0.3 is 11.5 Å². The Morgan fingerprint density at radius 2 is 1.76 bits per heavy atom. The quantitative estimate of drug-likeness (QED) is 0.378. The van der Waals surface area contributed by atoms with E-state index >= 15 is 0 Å². The first kappa shape index (κ1) is 24.7. The fraction of sp³-hybridized carbons (Fsp3) is 0.136. The minimum Gasteiger partial charge on any atom is -0.457 e. The molecule has 3 amide bonds. The van der Waals surface area contributed by atoms with Crippen LogP contribution in [0.3, 0.4) is 0 Å². The molecule has 2 aromatic carbocycles. The molecule has 3 N–H and O–H groups in total. The Balaban J connectivity index is 1.50. The summed E-state index contributed by atoms with van der Waals surface area (Å²) in [4.78, 5) is 27.8. The molecule has 0 atom stereocenters. The standard InChI is InChI=1S/C22H19F3N4O4S/c1-26-20(30)19-12-17(9-10-27-19)32-16-7-5-14(6-8-16)13-28-21(31)29-15-3-2-4-18(11-15)33-34-22(23,24)25/h2-12H,13H2,1H3,(H,26,30)(H2,28,29,31). The van der Waals surface area contributed by atoms with Crippen molar-refractivity contribution in [2.75, 3.05) is 12.4 Å². The average Bonchev–Trinajstić information content (AvgIpc) is 2.82. The predicted octanol–water partition coefficient (Wildman–Crippen LogP) is 5.10. The molecule has 8 nitrogen and oxygen atoms in total. The van der Waals surface area contributed by atoms with Gasteiger partial charge in [0.1, 0.15) is 22.9 Å². The first-order valence-electron chi connectivity index (χ1n) is 9.74. The van der Waals surface area contributed by atoms with Gasteiger partial charge in [0.15, 0.2) is 12.0 Å². The van der Waals surface area contributed by atoms with E-state index in [1.807, 2.05) is 0 Å². The molecule has 0 saturated heterocycles. The van der Waals surface area contributed by atoms with E-state index < -0.39 is 23.6 Å². The van der Waals surface area contributed by atoms with Gasteiger partial charge in [-0.15, -0.1) is 0 Å². The number of nitrogens with zero attached hydrogens (tertiary/aromatic N) is 1. The zero-order valence-corrected chi connectivity index (χ0v) is 18.5. The summed E-state index contributed by atoms with van der Waals surface area (Å²) in [6, 6.07) is 15.1. The summed E-state index contributed by atoms with van der Waals surface area (Å²) in [6.07, 6.45) is 1.47. The molecule has 12 heteroatoms. The third-order valence-corrected chi connectivity index (χ3v) is 4.59. The lowest BCUT2D eigenvalue weighted by molar-refractivity contribution is -0.0369. The molecule has 0 bridgehead atoms. The van der Waals surface area contributed by atoms with Crippen LogP contribution in [0.25, 0.3) is 0 Å². The van der Waals surface area contributed by atoms with Gasteiger partial charge < -0.3 is 24.9 Å². The highest BCUT2D eigenvalue weighted by molar-refractivity contribution is 7.95. The van der Waals surface area contributed by atoms with E-state index in [1.165, 1.54) is 43.6 Å². The monoisotopic (exact) mass is 492 g/mol. The van der Waals surface area contributed by atoms with Crippen LogP contribution in [-0.2, 0) is 6.54 Å². The number of ether oxygens (including phenoxy) is 1. The summed E-state index contributed by atoms with van der Waals surface area (Å²) in [6.45, 7) is 0.197. The SMILES string of the molecule is CNC(=O)c1cc(Oc2ccc(CNC(=O)Nc3cccc(OSC(F)(F)F)c3)cc2)ccn1. The van der Waals surface area contributed by atoms with Crippen molar-refractivity contribution in [2.24, 2.45) is 0 Å². The number of halogens is 3. The van der Waals surface area contributed by atoms with Crippen LogP contribution in [0, 0.1) is 0 Å². The van der Waals surface area contributed by atoms with Gasteiger partial charge in [0.25, 0.3) is 5.91 Å². The van der Waals surface area contributed by atoms with Crippen molar-refractivity contribution in [1.29, 1.82) is 0 Å². The second-order valence-corrected chi connectivity index (χ2v) is 7.45. The summed E-state index contributed by atoms with van der Waals surface area (Å²) in [5.41, 5.74) is -3.26. The van der Waals surface area contributed by atoms with Crippen molar-refractivity contribution in [1.82, 2.24) is 15.6 Å². The zero-order chi connectivity index (χ0) is 24.6. The van der Waals surface area contributed by atoms with Gasteiger partial charge in [-0.05, 0) is 35.9 Å². The average molecular weight is 492 g/mol. The second kappa shape index (κ2) is 11.3. The van der Waals surface area contributed by atoms with Crippen molar-refractivity contribution >= 4 is 29.7 Å². The van der Waals surface area contributed by atoms with Crippen molar-refractivity contribution in [3.8, 4) is 17.2 Å². The Kier molecular flexibility index (Phi) is 8.19. The number of nitrogens with one attached hydrogen (secondary N) is 3. The van der Waals surface area contributed by atoms with Crippen LogP contribution in [0.2, 0.25) is 0 Å². The van der Waals surface area contributed by atoms with Crippen LogP contribution >= 0.6 is 12.0 Å². The van der Waals surface area contributed by atoms with Crippen molar-refractivity contribution in [3.05, 3.63) is 78.1 Å². The molecular formula is C22H19F3N4O4S. The number of alkyl halides is 3. The lowest BCUT2D eigenvalue weighted by Gasteiger charge is -2.11. The maximum absolute atomic E-state index is 12.2. The number of anilines is 1. The Hall–Kier alpha value is -3.93. The molecule has 3 aromatic rings. The molecule has 178 valence electrons. The molecule has 0 fully saturated rings. The number of carbonyl (C=O) groups excluding carboxylic acids is 2. The van der Waals surface area contributed by atoms with E-state index in [-0.39, 0.29) is 29.6 Å². The third-order valence-electron chi connectivity index (χ3n) is 4.13. The minimum absolute atomic E-state index is 0.0487. The van der Waals surface area contributed by atoms with Crippen molar-refractivity contribution in [2.45, 2.75) is 12.1 Å². The lowest BCUT2D eigenvalue weighted by atomic mass is 10.2. The molecule has 1 heterocycles. The first-order valence-corrected chi connectivity index (χ1v) is 10.5. The summed E-state index contributed by atoms with van der Waals surface area (Å²) in [5, 5.41) is 7.67. The van der Waals surface area contributed by atoms with E-state index in [2.05, 4.69) is 25.1 Å². The Morgan fingerprint density at radius 1 is 1.00 bits per heavy atom. The molecule has 0 aliphatic rings. The number of pyridine rings is 1. The highest BCUT2D eigenvalue weighted by Crippen LogP contribution is 2.33. The summed E-state index contributed by atoms with van der Waals surface area (Å²) < 4.78 is 47.0. The highest BCUT2D eigenvalue weighted by atomic mass is 32.2. The number of rotatable bonds is 8. The topological polar surface area (TPSA) is 102 Å². The zero-order valence-electron chi connectivity index (χ0n) is 17.7. The fourth-order valence-electron chi connectivity index (χ4n) is 2.62. The van der Waals surface area contributed by atoms with Gasteiger partial charge in [0, 0.05) is 37.6 Å². The van der Waals surface area contributed by atoms with Crippen molar-refractivity contribution < 1.29 is 31.7 Å². The van der Waals surface area contributed by atoms with Gasteiger partial charge in [0.05, 0.1) is 0 Å². The number of aromatic nitrogens is 1. The van der Waals surface area contributed by atoms with Crippen LogP contribution in [0.4, 0.5) is 23.7 Å². The number of amides is 3. The molecule has 3 rings (SSSR count). The molecule has 0 spiro atoms. The van der Waals surface area contributed by atoms with E-state index in [4.69, 9.17) is 4.74 Å². The second-order valence-electron chi connectivity index (χ2n) is 6.65. The normalized spacial score (nSPS) is 10.8. The van der Waals surface area contributed by atoms with Gasteiger partial charge in [0.2, 0.25) is 0 Å². The van der Waals surface area contributed by atoms with Crippen LogP contribution in [0.5, 0.6) is 17.2 Å². The summed E-state index contributed by atoms with van der Waals surface area (Å²) in [7, 11) is 1.51. The lowest BCUT2D eigenvalue weighted by Crippen LogP contribution is -2.28. The maximum atomic E-state index is 12.2. The Morgan fingerprint density at radius 3 is 2.47 bits per heavy atom.